The molecular formula is C124H74N6S. The summed E-state index contributed by atoms with van der Waals surface area (Å²) >= 11 is 1.89. The van der Waals surface area contributed by atoms with Crippen LogP contribution < -0.4 is 0 Å². The van der Waals surface area contributed by atoms with Crippen molar-refractivity contribution in [1.29, 1.82) is 0 Å². The summed E-state index contributed by atoms with van der Waals surface area (Å²) in [5.74, 6) is 0. The molecule has 21 aromatic carbocycles. The molecule has 0 radical (unpaired) electrons. The molecule has 131 heavy (non-hydrogen) atoms. The standard InChI is InChI=1S/C48H29N3.C42H24N2S.C34H21N/c1-2-13-32(14-3-1)49-40-20-7-4-16-34(40)37-25-24-31(29-45(37)49)30-12-10-15-33(28-30)50-43-23-11-19-38-35-17-5-8-21-41(35)51-42-22-9-6-18-36(42)39-26-27-44(50)47(46(38)43)48(39)51;1-4-15-34-28(9-1)31-13-8-17-36-39(31)40-37(24-23-32-29-10-2-5-16-35(29)44(34)41(32)40)43(36)26-21-19-25(20-22-26)27-12-7-14-33-30-11-3-6-18-38(30)45-42(27)33;1-2-9-22(10-3-1)24-12-6-13-25(21-24)35-30-18-8-17-29-27-15-5-4-14-26(27)28-16-7-11-23-19-20-31(35)34(32(23)28)33(29)30/h1-29H;1-24H;1-21H. The highest BCUT2D eigenvalue weighted by atomic mass is 32.1. The summed E-state index contributed by atoms with van der Waals surface area (Å²) in [6, 6.07) is 165. The SMILES string of the molecule is c1ccc(-c2cccc(-n3c4cccc5c4c4c6c(cccc6ccc43)-c3ccccc3-5)c2)cc1.c1ccc(-n2c3ccccc3c3ccc(-c4cccc(-n5c6cccc7c8ccccc8n8c9ccccc9c9ccc5c(c76)c98)c4)cc32)cc1.c1ccc2c(c1)sc1c(-c3ccc(-n4c5cccc6c7ccccc7n7c8ccccc8c8ccc4c(c65)c87)cc3)cccc12. The van der Waals surface area contributed by atoms with Crippen molar-refractivity contribution < 1.29 is 0 Å². The van der Waals surface area contributed by atoms with Crippen molar-refractivity contribution in [2.24, 2.45) is 0 Å². The van der Waals surface area contributed by atoms with Gasteiger partial charge in [0.25, 0.3) is 0 Å². The molecule has 31 rings (SSSR count). The molecule has 0 spiro atoms. The number of para-hydroxylation sites is 6. The van der Waals surface area contributed by atoms with Crippen molar-refractivity contribution in [2.45, 2.75) is 0 Å². The molecule has 0 N–H and O–H groups in total. The number of hydrogen-bond donors (Lipinski definition) is 0. The maximum atomic E-state index is 2.50. The molecule has 0 bridgehead atoms. The second-order valence-corrected chi connectivity index (χ2v) is 36.2. The van der Waals surface area contributed by atoms with Gasteiger partial charge in [-0.1, -0.05) is 322 Å². The van der Waals surface area contributed by atoms with Crippen LogP contribution in [0.2, 0.25) is 0 Å². The highest BCUT2D eigenvalue weighted by Gasteiger charge is 2.29. The van der Waals surface area contributed by atoms with Crippen molar-refractivity contribution in [3.05, 3.63) is 449 Å². The van der Waals surface area contributed by atoms with Gasteiger partial charge in [-0.25, -0.2) is 0 Å². The van der Waals surface area contributed by atoms with Gasteiger partial charge in [-0.3, -0.25) is 0 Å². The number of rotatable bonds is 7. The Morgan fingerprint density at radius 2 is 0.504 bits per heavy atom. The lowest BCUT2D eigenvalue weighted by molar-refractivity contribution is 1.18. The molecule has 0 saturated carbocycles. The Labute approximate surface area is 754 Å². The van der Waals surface area contributed by atoms with Crippen molar-refractivity contribution in [3.63, 3.8) is 0 Å². The first-order valence-corrected chi connectivity index (χ1v) is 46.0. The van der Waals surface area contributed by atoms with E-state index in [1.807, 2.05) is 11.3 Å². The highest BCUT2D eigenvalue weighted by Crippen LogP contribution is 2.53. The van der Waals surface area contributed by atoms with Crippen LogP contribution in [-0.2, 0) is 0 Å². The van der Waals surface area contributed by atoms with Gasteiger partial charge in [0.2, 0.25) is 0 Å². The van der Waals surface area contributed by atoms with Gasteiger partial charge in [0.05, 0.1) is 77.2 Å². The Morgan fingerprint density at radius 1 is 0.153 bits per heavy atom. The summed E-state index contributed by atoms with van der Waals surface area (Å²) in [5, 5.41) is 26.1. The fourth-order valence-corrected chi connectivity index (χ4v) is 24.4. The smallest absolute Gasteiger partial charge is 0.0641 e. The number of aromatic nitrogens is 6. The molecular weight excluding hydrogens is 1610 g/mol. The van der Waals surface area contributed by atoms with E-state index in [9.17, 15) is 0 Å². The van der Waals surface area contributed by atoms with Gasteiger partial charge in [0.15, 0.2) is 0 Å². The summed E-state index contributed by atoms with van der Waals surface area (Å²) in [5.41, 5.74) is 34.7. The van der Waals surface area contributed by atoms with Crippen LogP contribution >= 0.6 is 11.3 Å². The van der Waals surface area contributed by atoms with E-state index in [1.54, 1.807) is 0 Å². The van der Waals surface area contributed by atoms with Crippen LogP contribution in [0.4, 0.5) is 0 Å². The van der Waals surface area contributed by atoms with Crippen LogP contribution in [0.3, 0.4) is 0 Å². The Kier molecular flexibility index (Phi) is 15.2. The monoisotopic (exact) mass is 1680 g/mol. The van der Waals surface area contributed by atoms with Crippen LogP contribution in [-0.4, -0.2) is 27.1 Å². The van der Waals surface area contributed by atoms with Crippen molar-refractivity contribution in [2.75, 3.05) is 0 Å². The Bertz CT molecular complexity index is 10100. The Hall–Kier alpha value is -17.1. The molecule has 7 heteroatoms. The maximum absolute atomic E-state index is 2.50. The Balaban J connectivity index is 0.0000000982. The zero-order valence-corrected chi connectivity index (χ0v) is 71.6. The molecule has 606 valence electrons. The van der Waals surface area contributed by atoms with Gasteiger partial charge in [0, 0.05) is 118 Å². The molecule has 30 aromatic rings. The molecule has 0 aliphatic heterocycles. The van der Waals surface area contributed by atoms with E-state index >= 15 is 0 Å². The van der Waals surface area contributed by atoms with Gasteiger partial charge < -0.3 is 27.1 Å². The lowest BCUT2D eigenvalue weighted by Crippen LogP contribution is -1.95. The Morgan fingerprint density at radius 3 is 1.11 bits per heavy atom. The molecule has 1 aliphatic carbocycles. The van der Waals surface area contributed by atoms with E-state index in [0.29, 0.717) is 0 Å². The van der Waals surface area contributed by atoms with E-state index in [0.717, 1.165) is 5.69 Å². The number of fused-ring (bicyclic) bond motifs is 21. The molecule has 0 fully saturated rings. The fraction of sp³-hybridized carbons (Fsp3) is 0. The lowest BCUT2D eigenvalue weighted by Gasteiger charge is -2.14. The predicted molar refractivity (Wildman–Crippen MR) is 557 cm³/mol. The van der Waals surface area contributed by atoms with Gasteiger partial charge in [-0.05, 0) is 205 Å². The summed E-state index contributed by atoms with van der Waals surface area (Å²) in [6.07, 6.45) is 0. The predicted octanol–water partition coefficient (Wildman–Crippen LogP) is 33.9. The van der Waals surface area contributed by atoms with E-state index < -0.39 is 0 Å². The van der Waals surface area contributed by atoms with E-state index in [2.05, 4.69) is 476 Å². The van der Waals surface area contributed by atoms with Gasteiger partial charge >= 0.3 is 0 Å². The summed E-state index contributed by atoms with van der Waals surface area (Å²) in [7, 11) is 0. The van der Waals surface area contributed by atoms with Crippen molar-refractivity contribution in [1.82, 2.24) is 27.1 Å². The number of hydrogen-bond acceptors (Lipinski definition) is 1. The molecule has 0 saturated heterocycles. The maximum Gasteiger partial charge on any atom is 0.0641 e. The van der Waals surface area contributed by atoms with Crippen LogP contribution in [0.1, 0.15) is 0 Å². The zero-order chi connectivity index (χ0) is 85.4. The number of benzene rings is 21. The molecule has 0 atom stereocenters. The molecule has 9 aromatic heterocycles. The number of thiophene rings is 1. The lowest BCUT2D eigenvalue weighted by atomic mass is 9.93. The van der Waals surface area contributed by atoms with E-state index in [-0.39, 0.29) is 0 Å². The largest absolute Gasteiger partial charge is 0.309 e. The molecule has 0 amide bonds. The molecule has 6 nitrogen and oxygen atoms in total. The van der Waals surface area contributed by atoms with Crippen LogP contribution in [0.5, 0.6) is 0 Å². The third-order valence-electron chi connectivity index (χ3n) is 28.5. The quantitative estimate of drug-likeness (QED) is 0.152. The van der Waals surface area contributed by atoms with Crippen LogP contribution in [0, 0.1) is 0 Å². The third-order valence-corrected chi connectivity index (χ3v) is 29.8. The van der Waals surface area contributed by atoms with Gasteiger partial charge in [0.1, 0.15) is 0 Å². The normalized spacial score (nSPS) is 12.3. The van der Waals surface area contributed by atoms with Crippen LogP contribution in [0.15, 0.2) is 449 Å². The minimum Gasteiger partial charge on any atom is -0.309 e. The average molecular weight is 1680 g/mol. The van der Waals surface area contributed by atoms with E-state index in [4.69, 9.17) is 0 Å². The summed E-state index contributed by atoms with van der Waals surface area (Å²) in [4.78, 5) is 0. The fourth-order valence-electron chi connectivity index (χ4n) is 23.2. The first-order valence-electron chi connectivity index (χ1n) is 45.2. The highest BCUT2D eigenvalue weighted by molar-refractivity contribution is 7.26. The van der Waals surface area contributed by atoms with Crippen LogP contribution in [0.25, 0.3) is 273 Å². The number of nitrogens with zero attached hydrogens (tertiary/aromatic N) is 6. The zero-order valence-electron chi connectivity index (χ0n) is 70.8. The summed E-state index contributed by atoms with van der Waals surface area (Å²) in [6.45, 7) is 0. The second-order valence-electron chi connectivity index (χ2n) is 35.2. The topological polar surface area (TPSA) is 28.5 Å². The first-order chi connectivity index (χ1) is 65.1. The first kappa shape index (κ1) is 72.1. The van der Waals surface area contributed by atoms with Gasteiger partial charge in [-0.15, -0.1) is 11.3 Å². The minimum absolute atomic E-state index is 1.16. The second kappa shape index (κ2) is 27.7. The summed E-state index contributed by atoms with van der Waals surface area (Å²) < 4.78 is 17.5. The molecule has 0 unspecified atom stereocenters. The average Bonchev–Trinajstić information content (AvgIpc) is 1.53. The van der Waals surface area contributed by atoms with E-state index in [1.165, 1.54) is 267 Å². The molecule has 9 heterocycles. The third kappa shape index (κ3) is 10.3. The van der Waals surface area contributed by atoms with Crippen molar-refractivity contribution in [3.8, 4) is 78.4 Å². The van der Waals surface area contributed by atoms with Crippen molar-refractivity contribution >= 4 is 206 Å². The van der Waals surface area contributed by atoms with Gasteiger partial charge in [-0.2, -0.15) is 0 Å². The minimum atomic E-state index is 1.16. The molecule has 1 aliphatic rings.